The summed E-state index contributed by atoms with van der Waals surface area (Å²) in [6.07, 6.45) is 1.92. The summed E-state index contributed by atoms with van der Waals surface area (Å²) in [5.74, 6) is -0.513. The fourth-order valence-electron chi connectivity index (χ4n) is 4.04. The molecule has 7 nitrogen and oxygen atoms in total. The van der Waals surface area contributed by atoms with Crippen molar-refractivity contribution in [2.45, 2.75) is 57.0 Å². The first kappa shape index (κ1) is 31.2. The quantitative estimate of drug-likeness (QED) is 0.289. The minimum atomic E-state index is -4.09. The van der Waals surface area contributed by atoms with Crippen molar-refractivity contribution in [3.8, 4) is 0 Å². The number of carbonyl (C=O) groups is 2. The maximum atomic E-state index is 14.0. The SMILES string of the molecule is CSc1ccc(S(=O)(=O)N(CC(=O)N(Cc2ccc(C)cc2)[C@@H](C)C(=O)NCC(C)C)c2ccc(C)cc2)cc1. The highest BCUT2D eigenvalue weighted by Gasteiger charge is 2.32. The van der Waals surface area contributed by atoms with E-state index in [1.807, 2.05) is 70.3 Å². The molecule has 1 N–H and O–H groups in total. The van der Waals surface area contributed by atoms with Gasteiger partial charge in [-0.15, -0.1) is 11.8 Å². The van der Waals surface area contributed by atoms with Crippen molar-refractivity contribution >= 4 is 39.3 Å². The molecule has 0 fully saturated rings. The van der Waals surface area contributed by atoms with Gasteiger partial charge in [0.25, 0.3) is 10.0 Å². The Hall–Kier alpha value is -3.30. The van der Waals surface area contributed by atoms with Gasteiger partial charge in [0.15, 0.2) is 0 Å². The van der Waals surface area contributed by atoms with E-state index in [0.29, 0.717) is 12.2 Å². The van der Waals surface area contributed by atoms with Gasteiger partial charge < -0.3 is 10.2 Å². The largest absolute Gasteiger partial charge is 0.354 e. The van der Waals surface area contributed by atoms with Crippen molar-refractivity contribution in [3.63, 3.8) is 0 Å². The summed E-state index contributed by atoms with van der Waals surface area (Å²) in [6, 6.07) is 20.5. The third kappa shape index (κ3) is 8.11. The molecule has 0 aromatic heterocycles. The third-order valence-corrected chi connectivity index (χ3v) is 9.11. The van der Waals surface area contributed by atoms with Crippen LogP contribution in [0.4, 0.5) is 5.69 Å². The molecule has 0 aliphatic heterocycles. The Bertz CT molecular complexity index is 1390. The summed E-state index contributed by atoms with van der Waals surface area (Å²) in [7, 11) is -4.09. The first-order chi connectivity index (χ1) is 18.9. The van der Waals surface area contributed by atoms with Crippen LogP contribution >= 0.6 is 11.8 Å². The molecule has 3 aromatic rings. The van der Waals surface area contributed by atoms with Crippen LogP contribution in [0.2, 0.25) is 0 Å². The zero-order valence-electron chi connectivity index (χ0n) is 24.0. The maximum Gasteiger partial charge on any atom is 0.264 e. The fourth-order valence-corrected chi connectivity index (χ4v) is 5.86. The summed E-state index contributed by atoms with van der Waals surface area (Å²) in [5.41, 5.74) is 3.27. The number of anilines is 1. The molecule has 40 heavy (non-hydrogen) atoms. The average Bonchev–Trinajstić information content (AvgIpc) is 2.94. The Morgan fingerprint density at radius 1 is 0.850 bits per heavy atom. The minimum Gasteiger partial charge on any atom is -0.354 e. The van der Waals surface area contributed by atoms with Crippen LogP contribution in [-0.2, 0) is 26.2 Å². The molecule has 2 amide bonds. The highest BCUT2D eigenvalue weighted by molar-refractivity contribution is 7.98. The molecular formula is C31H39N3O4S2. The van der Waals surface area contributed by atoms with E-state index in [0.717, 1.165) is 25.9 Å². The lowest BCUT2D eigenvalue weighted by atomic mass is 10.1. The van der Waals surface area contributed by atoms with Crippen LogP contribution in [0.15, 0.2) is 82.6 Å². The molecule has 0 unspecified atom stereocenters. The van der Waals surface area contributed by atoms with Crippen molar-refractivity contribution in [2.75, 3.05) is 23.7 Å². The van der Waals surface area contributed by atoms with E-state index in [1.54, 1.807) is 43.3 Å². The summed E-state index contributed by atoms with van der Waals surface area (Å²) in [5, 5.41) is 2.90. The number of nitrogens with one attached hydrogen (secondary N) is 1. The number of hydrogen-bond donors (Lipinski definition) is 1. The van der Waals surface area contributed by atoms with E-state index in [1.165, 1.54) is 16.7 Å². The van der Waals surface area contributed by atoms with Crippen LogP contribution in [0, 0.1) is 19.8 Å². The summed E-state index contributed by atoms with van der Waals surface area (Å²) in [4.78, 5) is 29.5. The number of rotatable bonds is 12. The average molecular weight is 582 g/mol. The Morgan fingerprint density at radius 2 is 1.40 bits per heavy atom. The van der Waals surface area contributed by atoms with Gasteiger partial charge in [0, 0.05) is 18.0 Å². The number of thioether (sulfide) groups is 1. The highest BCUT2D eigenvalue weighted by atomic mass is 32.2. The molecule has 3 aromatic carbocycles. The van der Waals surface area contributed by atoms with Gasteiger partial charge in [0.1, 0.15) is 12.6 Å². The van der Waals surface area contributed by atoms with E-state index in [9.17, 15) is 18.0 Å². The topological polar surface area (TPSA) is 86.8 Å². The number of amides is 2. The number of hydrogen-bond acceptors (Lipinski definition) is 5. The van der Waals surface area contributed by atoms with E-state index >= 15 is 0 Å². The lowest BCUT2D eigenvalue weighted by Gasteiger charge is -2.32. The van der Waals surface area contributed by atoms with E-state index in [2.05, 4.69) is 5.32 Å². The van der Waals surface area contributed by atoms with Gasteiger partial charge >= 0.3 is 0 Å². The summed E-state index contributed by atoms with van der Waals surface area (Å²) in [6.45, 7) is 9.75. The normalized spacial score (nSPS) is 12.2. The van der Waals surface area contributed by atoms with Gasteiger partial charge in [0.2, 0.25) is 11.8 Å². The molecule has 0 saturated carbocycles. The van der Waals surface area contributed by atoms with E-state index < -0.39 is 28.5 Å². The van der Waals surface area contributed by atoms with Crippen molar-refractivity contribution in [2.24, 2.45) is 5.92 Å². The predicted octanol–water partition coefficient (Wildman–Crippen LogP) is 5.41. The van der Waals surface area contributed by atoms with Crippen LogP contribution in [0.25, 0.3) is 0 Å². The lowest BCUT2D eigenvalue weighted by molar-refractivity contribution is -0.139. The highest BCUT2D eigenvalue weighted by Crippen LogP contribution is 2.26. The monoisotopic (exact) mass is 581 g/mol. The molecule has 0 bridgehead atoms. The predicted molar refractivity (Wildman–Crippen MR) is 163 cm³/mol. The van der Waals surface area contributed by atoms with Gasteiger partial charge in [-0.2, -0.15) is 0 Å². The Kier molecular flexibility index (Phi) is 10.8. The van der Waals surface area contributed by atoms with Gasteiger partial charge in [-0.3, -0.25) is 13.9 Å². The van der Waals surface area contributed by atoms with Crippen LogP contribution < -0.4 is 9.62 Å². The molecule has 0 radical (unpaired) electrons. The molecule has 0 spiro atoms. The first-order valence-electron chi connectivity index (χ1n) is 13.3. The molecule has 0 aliphatic rings. The van der Waals surface area contributed by atoms with Gasteiger partial charge in [-0.25, -0.2) is 8.42 Å². The van der Waals surface area contributed by atoms with Crippen LogP contribution in [-0.4, -0.2) is 50.5 Å². The number of aryl methyl sites for hydroxylation is 2. The van der Waals surface area contributed by atoms with Crippen LogP contribution in [0.5, 0.6) is 0 Å². The molecule has 3 rings (SSSR count). The summed E-state index contributed by atoms with van der Waals surface area (Å²) < 4.78 is 29.0. The smallest absolute Gasteiger partial charge is 0.264 e. The van der Waals surface area contributed by atoms with E-state index in [4.69, 9.17) is 0 Å². The fraction of sp³-hybridized carbons (Fsp3) is 0.355. The second kappa shape index (κ2) is 13.9. The van der Waals surface area contributed by atoms with Gasteiger partial charge in [-0.05, 0) is 74.9 Å². The molecule has 1 atom stereocenters. The maximum absolute atomic E-state index is 14.0. The van der Waals surface area contributed by atoms with Crippen LogP contribution in [0.3, 0.4) is 0 Å². The Balaban J connectivity index is 2.00. The van der Waals surface area contributed by atoms with Crippen molar-refractivity contribution in [3.05, 3.63) is 89.5 Å². The zero-order chi connectivity index (χ0) is 29.4. The number of sulfonamides is 1. The van der Waals surface area contributed by atoms with Crippen LogP contribution in [0.1, 0.15) is 37.5 Å². The standard InChI is InChI=1S/C31H39N3O4S2/c1-22(2)19-32-31(36)25(5)33(20-26-11-7-23(3)8-12-26)30(35)21-34(27-13-9-24(4)10-14-27)40(37,38)29-17-15-28(39-6)16-18-29/h7-18,22,25H,19-21H2,1-6H3,(H,32,36)/t25-/m0/s1. The molecule has 0 aliphatic carbocycles. The zero-order valence-corrected chi connectivity index (χ0v) is 25.7. The molecular weight excluding hydrogens is 542 g/mol. The molecule has 0 saturated heterocycles. The van der Waals surface area contributed by atoms with Gasteiger partial charge in [0.05, 0.1) is 10.6 Å². The summed E-state index contributed by atoms with van der Waals surface area (Å²) >= 11 is 1.52. The van der Waals surface area contributed by atoms with Gasteiger partial charge in [-0.1, -0.05) is 61.4 Å². The molecule has 214 valence electrons. The first-order valence-corrected chi connectivity index (χ1v) is 15.9. The number of carbonyl (C=O) groups excluding carboxylic acids is 2. The van der Waals surface area contributed by atoms with Crippen molar-refractivity contribution < 1.29 is 18.0 Å². The second-order valence-electron chi connectivity index (χ2n) is 10.3. The number of nitrogens with zero attached hydrogens (tertiary/aromatic N) is 2. The van der Waals surface area contributed by atoms with E-state index in [-0.39, 0.29) is 23.3 Å². The lowest BCUT2D eigenvalue weighted by Crippen LogP contribution is -2.51. The third-order valence-electron chi connectivity index (χ3n) is 6.57. The number of benzene rings is 3. The van der Waals surface area contributed by atoms with Crippen molar-refractivity contribution in [1.82, 2.24) is 10.2 Å². The molecule has 9 heteroatoms. The Labute approximate surface area is 243 Å². The van der Waals surface area contributed by atoms with Crippen molar-refractivity contribution in [1.29, 1.82) is 0 Å². The second-order valence-corrected chi connectivity index (χ2v) is 13.1. The molecule has 0 heterocycles. The minimum absolute atomic E-state index is 0.0893. The Morgan fingerprint density at radius 3 is 1.93 bits per heavy atom.